The molecule has 0 aliphatic carbocycles. The van der Waals surface area contributed by atoms with Crippen molar-refractivity contribution in [1.82, 2.24) is 9.55 Å². The zero-order valence-electron chi connectivity index (χ0n) is 12.3. The molecular weight excluding hydrogens is 258 g/mol. The van der Waals surface area contributed by atoms with Crippen molar-refractivity contribution in [3.8, 4) is 5.69 Å². The predicted molar refractivity (Wildman–Crippen MR) is 85.5 cm³/mol. The summed E-state index contributed by atoms with van der Waals surface area (Å²) in [4.78, 5) is 4.30. The Labute approximate surface area is 125 Å². The predicted octanol–water partition coefficient (Wildman–Crippen LogP) is 3.54. The van der Waals surface area contributed by atoms with Crippen LogP contribution in [0.4, 0.5) is 0 Å². The van der Waals surface area contributed by atoms with Crippen LogP contribution in [0.5, 0.6) is 0 Å². The maximum Gasteiger partial charge on any atom is 0.0994 e. The molecule has 3 nitrogen and oxygen atoms in total. The number of hydrogen-bond acceptors (Lipinski definition) is 2. The molecule has 0 aliphatic heterocycles. The van der Waals surface area contributed by atoms with Gasteiger partial charge in [-0.05, 0) is 36.6 Å². The fourth-order valence-corrected chi connectivity index (χ4v) is 2.56. The topological polar surface area (TPSA) is 43.8 Å². The van der Waals surface area contributed by atoms with E-state index in [0.717, 1.165) is 16.9 Å². The highest BCUT2D eigenvalue weighted by Crippen LogP contribution is 2.24. The molecule has 0 saturated heterocycles. The van der Waals surface area contributed by atoms with Crippen molar-refractivity contribution < 1.29 is 0 Å². The van der Waals surface area contributed by atoms with E-state index in [9.17, 15) is 0 Å². The molecule has 0 bridgehead atoms. The van der Waals surface area contributed by atoms with Crippen molar-refractivity contribution in [2.75, 3.05) is 0 Å². The van der Waals surface area contributed by atoms with Gasteiger partial charge in [-0.3, -0.25) is 0 Å². The minimum absolute atomic E-state index is 0.186. The van der Waals surface area contributed by atoms with E-state index in [1.54, 1.807) is 0 Å². The maximum absolute atomic E-state index is 6.43. The lowest BCUT2D eigenvalue weighted by Gasteiger charge is -2.17. The van der Waals surface area contributed by atoms with Crippen LogP contribution in [0.3, 0.4) is 0 Å². The second-order valence-electron chi connectivity index (χ2n) is 5.30. The lowest BCUT2D eigenvalue weighted by molar-refractivity contribution is 0.791. The number of rotatable bonds is 3. The van der Waals surface area contributed by atoms with E-state index >= 15 is 0 Å². The second-order valence-corrected chi connectivity index (χ2v) is 5.30. The largest absolute Gasteiger partial charge is 0.319 e. The smallest absolute Gasteiger partial charge is 0.0994 e. The van der Waals surface area contributed by atoms with Crippen molar-refractivity contribution in [2.45, 2.75) is 19.9 Å². The Morgan fingerprint density at radius 3 is 2.52 bits per heavy atom. The molecule has 1 atom stereocenters. The number of aromatic nitrogens is 2. The van der Waals surface area contributed by atoms with Crippen molar-refractivity contribution in [2.24, 2.45) is 5.73 Å². The first kappa shape index (κ1) is 13.6. The summed E-state index contributed by atoms with van der Waals surface area (Å²) in [5.74, 6) is 0. The van der Waals surface area contributed by atoms with Crippen LogP contribution in [0.25, 0.3) is 5.69 Å². The fourth-order valence-electron chi connectivity index (χ4n) is 2.56. The van der Waals surface area contributed by atoms with Crippen molar-refractivity contribution in [1.29, 1.82) is 0 Å². The summed E-state index contributed by atoms with van der Waals surface area (Å²) in [5.41, 5.74) is 12.2. The summed E-state index contributed by atoms with van der Waals surface area (Å²) in [7, 11) is 0. The highest BCUT2D eigenvalue weighted by molar-refractivity contribution is 5.46. The first-order chi connectivity index (χ1) is 10.2. The number of benzene rings is 2. The lowest BCUT2D eigenvalue weighted by atomic mass is 10.0. The molecule has 2 aromatic carbocycles. The number of hydrogen-bond donors (Lipinski definition) is 1. The van der Waals surface area contributed by atoms with Gasteiger partial charge in [0.2, 0.25) is 0 Å². The zero-order valence-corrected chi connectivity index (χ0v) is 12.3. The minimum Gasteiger partial charge on any atom is -0.319 e. The monoisotopic (exact) mass is 277 g/mol. The lowest BCUT2D eigenvalue weighted by Crippen LogP contribution is -2.16. The molecule has 0 fully saturated rings. The summed E-state index contributed by atoms with van der Waals surface area (Å²) in [6.07, 6.45) is 3.68. The third kappa shape index (κ3) is 2.48. The van der Waals surface area contributed by atoms with Crippen molar-refractivity contribution in [3.63, 3.8) is 0 Å². The van der Waals surface area contributed by atoms with Crippen LogP contribution >= 0.6 is 0 Å². The number of nitrogens with two attached hydrogens (primary N) is 1. The molecule has 0 spiro atoms. The Hall–Kier alpha value is -2.39. The van der Waals surface area contributed by atoms with Crippen LogP contribution in [-0.2, 0) is 0 Å². The van der Waals surface area contributed by atoms with Gasteiger partial charge in [-0.2, -0.15) is 0 Å². The van der Waals surface area contributed by atoms with Crippen LogP contribution in [0.15, 0.2) is 61.1 Å². The van der Waals surface area contributed by atoms with Crippen molar-refractivity contribution >= 4 is 0 Å². The quantitative estimate of drug-likeness (QED) is 0.795. The molecule has 1 heterocycles. The first-order valence-corrected chi connectivity index (χ1v) is 7.08. The van der Waals surface area contributed by atoms with Gasteiger partial charge in [-0.15, -0.1) is 0 Å². The van der Waals surface area contributed by atoms with Crippen LogP contribution in [-0.4, -0.2) is 9.55 Å². The van der Waals surface area contributed by atoms with Gasteiger partial charge >= 0.3 is 0 Å². The molecule has 1 unspecified atom stereocenters. The highest BCUT2D eigenvalue weighted by Gasteiger charge is 2.15. The van der Waals surface area contributed by atoms with E-state index in [2.05, 4.69) is 41.6 Å². The molecular formula is C18H19N3. The highest BCUT2D eigenvalue weighted by atomic mass is 15.1. The molecule has 21 heavy (non-hydrogen) atoms. The Kier molecular flexibility index (Phi) is 3.59. The summed E-state index contributed by atoms with van der Waals surface area (Å²) in [6.45, 7) is 4.25. The molecule has 3 aromatic rings. The first-order valence-electron chi connectivity index (χ1n) is 7.08. The molecule has 3 rings (SSSR count). The summed E-state index contributed by atoms with van der Waals surface area (Å²) in [5, 5.41) is 0. The van der Waals surface area contributed by atoms with Crippen molar-refractivity contribution in [3.05, 3.63) is 83.4 Å². The molecule has 106 valence electrons. The number of nitrogens with zero attached hydrogens (tertiary/aromatic N) is 2. The second kappa shape index (κ2) is 5.54. The molecule has 0 saturated carbocycles. The Morgan fingerprint density at radius 2 is 1.76 bits per heavy atom. The minimum atomic E-state index is -0.186. The van der Waals surface area contributed by atoms with Gasteiger partial charge in [0.15, 0.2) is 0 Å². The molecule has 2 N–H and O–H groups in total. The van der Waals surface area contributed by atoms with E-state index in [0.29, 0.717) is 0 Å². The van der Waals surface area contributed by atoms with Gasteiger partial charge in [-0.25, -0.2) is 4.98 Å². The van der Waals surface area contributed by atoms with Gasteiger partial charge in [0.05, 0.1) is 29.9 Å². The summed E-state index contributed by atoms with van der Waals surface area (Å²) >= 11 is 0. The Morgan fingerprint density at radius 1 is 1.00 bits per heavy atom. The average molecular weight is 277 g/mol. The standard InChI is InChI=1S/C18H19N3/c1-13-7-6-10-16(14(13)2)21-12-20-11-17(21)18(19)15-8-4-3-5-9-15/h3-12,18H,19H2,1-2H3. The molecule has 1 aromatic heterocycles. The zero-order chi connectivity index (χ0) is 14.8. The van der Waals surface area contributed by atoms with E-state index in [1.165, 1.54) is 11.1 Å². The van der Waals surface area contributed by atoms with E-state index < -0.39 is 0 Å². The Bertz CT molecular complexity index is 744. The summed E-state index contributed by atoms with van der Waals surface area (Å²) in [6, 6.07) is 16.2. The van der Waals surface area contributed by atoms with Gasteiger partial charge < -0.3 is 10.3 Å². The number of aryl methyl sites for hydroxylation is 1. The van der Waals surface area contributed by atoms with Gasteiger partial charge in [0.1, 0.15) is 0 Å². The maximum atomic E-state index is 6.43. The van der Waals surface area contributed by atoms with E-state index in [-0.39, 0.29) is 6.04 Å². The normalized spacial score (nSPS) is 12.3. The number of imidazole rings is 1. The molecule has 0 aliphatic rings. The molecule has 0 amide bonds. The summed E-state index contributed by atoms with van der Waals surface area (Å²) < 4.78 is 2.08. The van der Waals surface area contributed by atoms with E-state index in [1.807, 2.05) is 42.9 Å². The third-order valence-corrected chi connectivity index (χ3v) is 3.98. The fraction of sp³-hybridized carbons (Fsp3) is 0.167. The van der Waals surface area contributed by atoms with Gasteiger partial charge in [0.25, 0.3) is 0 Å². The van der Waals surface area contributed by atoms with Crippen LogP contribution in [0.2, 0.25) is 0 Å². The van der Waals surface area contributed by atoms with Crippen LogP contribution < -0.4 is 5.73 Å². The molecule has 3 heteroatoms. The van der Waals surface area contributed by atoms with Crippen LogP contribution in [0.1, 0.15) is 28.4 Å². The third-order valence-electron chi connectivity index (χ3n) is 3.98. The van der Waals surface area contributed by atoms with Gasteiger partial charge in [0, 0.05) is 0 Å². The molecule has 0 radical (unpaired) electrons. The van der Waals surface area contributed by atoms with E-state index in [4.69, 9.17) is 5.73 Å². The van der Waals surface area contributed by atoms with Crippen LogP contribution in [0, 0.1) is 13.8 Å². The SMILES string of the molecule is Cc1cccc(-n2cncc2C(N)c2ccccc2)c1C. The Balaban J connectivity index is 2.08. The average Bonchev–Trinajstić information content (AvgIpc) is 2.99. The van der Waals surface area contributed by atoms with Gasteiger partial charge in [-0.1, -0.05) is 42.5 Å².